The van der Waals surface area contributed by atoms with Crippen LogP contribution in [0.25, 0.3) is 0 Å². The molecule has 0 radical (unpaired) electrons. The van der Waals surface area contributed by atoms with Gasteiger partial charge in [0.1, 0.15) is 0 Å². The third-order valence-electron chi connectivity index (χ3n) is 2.97. The van der Waals surface area contributed by atoms with Crippen molar-refractivity contribution in [1.82, 2.24) is 4.90 Å². The topological polar surface area (TPSA) is 37.4 Å². The normalized spacial score (nSPS) is 27.1. The average molecular weight is 197 g/mol. The van der Waals surface area contributed by atoms with Crippen LogP contribution in [0.15, 0.2) is 0 Å². The van der Waals surface area contributed by atoms with Gasteiger partial charge in [-0.3, -0.25) is 9.59 Å². The van der Waals surface area contributed by atoms with Crippen LogP contribution >= 0.6 is 0 Å². The lowest BCUT2D eigenvalue weighted by Gasteiger charge is -2.26. The van der Waals surface area contributed by atoms with E-state index in [0.29, 0.717) is 5.92 Å². The Morgan fingerprint density at radius 1 is 1.36 bits per heavy atom. The number of Topliss-reactive ketones (excluding diaryl/α,β-unsaturated/α-hetero) is 1. The van der Waals surface area contributed by atoms with Gasteiger partial charge >= 0.3 is 0 Å². The van der Waals surface area contributed by atoms with Gasteiger partial charge in [-0.25, -0.2) is 0 Å². The van der Waals surface area contributed by atoms with Gasteiger partial charge in [-0.1, -0.05) is 20.8 Å². The molecule has 3 nitrogen and oxygen atoms in total. The molecule has 1 aliphatic heterocycles. The fourth-order valence-corrected chi connectivity index (χ4v) is 2.08. The lowest BCUT2D eigenvalue weighted by Crippen LogP contribution is -2.43. The summed E-state index contributed by atoms with van der Waals surface area (Å²) in [6.45, 7) is 8.11. The molecule has 2 unspecified atom stereocenters. The molecule has 1 amide bonds. The molecule has 1 aliphatic rings. The highest BCUT2D eigenvalue weighted by Gasteiger charge is 2.38. The van der Waals surface area contributed by atoms with Gasteiger partial charge in [0.15, 0.2) is 5.78 Å². The summed E-state index contributed by atoms with van der Waals surface area (Å²) in [6.07, 6.45) is 0.947. The molecule has 0 saturated carbocycles. The quantitative estimate of drug-likeness (QED) is 0.672. The van der Waals surface area contributed by atoms with E-state index in [4.69, 9.17) is 0 Å². The molecule has 1 saturated heterocycles. The third-order valence-corrected chi connectivity index (χ3v) is 2.97. The molecule has 0 aromatic carbocycles. The summed E-state index contributed by atoms with van der Waals surface area (Å²) in [5, 5.41) is 0. The van der Waals surface area contributed by atoms with E-state index < -0.39 is 0 Å². The van der Waals surface area contributed by atoms with Crippen LogP contribution in [0.5, 0.6) is 0 Å². The molecule has 2 atom stereocenters. The van der Waals surface area contributed by atoms with Gasteiger partial charge in [-0.05, 0) is 12.3 Å². The number of amides is 1. The van der Waals surface area contributed by atoms with Crippen LogP contribution in [0.2, 0.25) is 0 Å². The fourth-order valence-electron chi connectivity index (χ4n) is 2.08. The Bertz CT molecular complexity index is 248. The minimum absolute atomic E-state index is 0.0161. The predicted molar refractivity (Wildman–Crippen MR) is 54.8 cm³/mol. The summed E-state index contributed by atoms with van der Waals surface area (Å²) in [5.41, 5.74) is 0. The van der Waals surface area contributed by atoms with Crippen molar-refractivity contribution < 1.29 is 9.59 Å². The number of hydrogen-bond acceptors (Lipinski definition) is 2. The van der Waals surface area contributed by atoms with Gasteiger partial charge in [0.2, 0.25) is 5.91 Å². The molecule has 14 heavy (non-hydrogen) atoms. The van der Waals surface area contributed by atoms with Gasteiger partial charge in [0, 0.05) is 19.4 Å². The Kier molecular flexibility index (Phi) is 3.29. The molecular formula is C11H19NO2. The van der Waals surface area contributed by atoms with E-state index in [1.165, 1.54) is 0 Å². The first kappa shape index (κ1) is 11.2. The molecule has 1 fully saturated rings. The zero-order valence-electron chi connectivity index (χ0n) is 9.41. The highest BCUT2D eigenvalue weighted by Crippen LogP contribution is 2.26. The molecule has 0 N–H and O–H groups in total. The van der Waals surface area contributed by atoms with Crippen LogP contribution in [0, 0.1) is 11.8 Å². The summed E-state index contributed by atoms with van der Waals surface area (Å²) in [6, 6.07) is -0.174. The van der Waals surface area contributed by atoms with Gasteiger partial charge in [0.05, 0.1) is 6.04 Å². The van der Waals surface area contributed by atoms with Crippen molar-refractivity contribution in [3.05, 3.63) is 0 Å². The molecule has 1 rings (SSSR count). The highest BCUT2D eigenvalue weighted by molar-refractivity contribution is 5.90. The van der Waals surface area contributed by atoms with E-state index in [9.17, 15) is 9.59 Å². The number of nitrogens with zero attached hydrogens (tertiary/aromatic N) is 1. The van der Waals surface area contributed by atoms with Crippen LogP contribution in [-0.2, 0) is 9.59 Å². The molecular weight excluding hydrogens is 178 g/mol. The van der Waals surface area contributed by atoms with E-state index >= 15 is 0 Å². The molecule has 0 spiro atoms. The Hall–Kier alpha value is -0.860. The van der Waals surface area contributed by atoms with Gasteiger partial charge in [-0.2, -0.15) is 0 Å². The Morgan fingerprint density at radius 2 is 1.93 bits per heavy atom. The van der Waals surface area contributed by atoms with Crippen molar-refractivity contribution in [2.45, 2.75) is 40.2 Å². The summed E-state index contributed by atoms with van der Waals surface area (Å²) >= 11 is 0. The minimum Gasteiger partial charge on any atom is -0.333 e. The number of carbonyl (C=O) groups excluding carboxylic acids is 2. The molecule has 0 bridgehead atoms. The van der Waals surface area contributed by atoms with E-state index in [2.05, 4.69) is 0 Å². The molecule has 0 aliphatic carbocycles. The third kappa shape index (κ3) is 1.97. The minimum atomic E-state index is -0.174. The smallest absolute Gasteiger partial charge is 0.220 e. The van der Waals surface area contributed by atoms with Crippen LogP contribution < -0.4 is 0 Å². The average Bonchev–Trinajstić information content (AvgIpc) is 2.45. The standard InChI is InChI=1S/C11H19NO2/c1-7(2)11(14)10-8(3)5-6-12(10)9(4)13/h7-8,10H,5-6H2,1-4H3. The van der Waals surface area contributed by atoms with Gasteiger partial charge in [-0.15, -0.1) is 0 Å². The monoisotopic (exact) mass is 197 g/mol. The maximum atomic E-state index is 11.9. The second-order valence-electron chi connectivity index (χ2n) is 4.48. The van der Waals surface area contributed by atoms with E-state index in [1.807, 2.05) is 20.8 Å². The summed E-state index contributed by atoms with van der Waals surface area (Å²) in [4.78, 5) is 24.9. The van der Waals surface area contributed by atoms with Crippen molar-refractivity contribution >= 4 is 11.7 Å². The summed E-state index contributed by atoms with van der Waals surface area (Å²) in [5.74, 6) is 0.551. The van der Waals surface area contributed by atoms with Crippen molar-refractivity contribution in [1.29, 1.82) is 0 Å². The van der Waals surface area contributed by atoms with Crippen molar-refractivity contribution in [3.8, 4) is 0 Å². The highest BCUT2D eigenvalue weighted by atomic mass is 16.2. The number of ketones is 1. The Balaban J connectivity index is 2.81. The number of carbonyl (C=O) groups is 2. The summed E-state index contributed by atoms with van der Waals surface area (Å²) in [7, 11) is 0. The fraction of sp³-hybridized carbons (Fsp3) is 0.818. The number of likely N-dealkylation sites (tertiary alicyclic amines) is 1. The lowest BCUT2D eigenvalue weighted by atomic mass is 9.93. The summed E-state index contributed by atoms with van der Waals surface area (Å²) < 4.78 is 0. The van der Waals surface area contributed by atoms with Crippen LogP contribution in [0.1, 0.15) is 34.1 Å². The number of rotatable bonds is 2. The van der Waals surface area contributed by atoms with Crippen LogP contribution in [0.3, 0.4) is 0 Å². The number of hydrogen-bond donors (Lipinski definition) is 0. The predicted octanol–water partition coefficient (Wildman–Crippen LogP) is 1.47. The lowest BCUT2D eigenvalue weighted by molar-refractivity contribution is -0.138. The maximum Gasteiger partial charge on any atom is 0.220 e. The SMILES string of the molecule is CC(=O)N1CCC(C)C1C(=O)C(C)C. The second-order valence-corrected chi connectivity index (χ2v) is 4.48. The zero-order chi connectivity index (χ0) is 10.9. The van der Waals surface area contributed by atoms with Crippen molar-refractivity contribution in [2.24, 2.45) is 11.8 Å². The molecule has 0 aromatic heterocycles. The van der Waals surface area contributed by atoms with E-state index in [-0.39, 0.29) is 23.7 Å². The van der Waals surface area contributed by atoms with Crippen molar-refractivity contribution in [2.75, 3.05) is 6.54 Å². The van der Waals surface area contributed by atoms with E-state index in [0.717, 1.165) is 13.0 Å². The van der Waals surface area contributed by atoms with Gasteiger partial charge in [0.25, 0.3) is 0 Å². The first-order valence-electron chi connectivity index (χ1n) is 5.26. The van der Waals surface area contributed by atoms with Crippen molar-refractivity contribution in [3.63, 3.8) is 0 Å². The van der Waals surface area contributed by atoms with Crippen LogP contribution in [-0.4, -0.2) is 29.2 Å². The van der Waals surface area contributed by atoms with Crippen LogP contribution in [0.4, 0.5) is 0 Å². The Morgan fingerprint density at radius 3 is 2.36 bits per heavy atom. The molecule has 0 aromatic rings. The molecule has 80 valence electrons. The maximum absolute atomic E-state index is 11.9. The largest absolute Gasteiger partial charge is 0.333 e. The van der Waals surface area contributed by atoms with E-state index in [1.54, 1.807) is 11.8 Å². The molecule has 3 heteroatoms. The molecule has 1 heterocycles. The zero-order valence-corrected chi connectivity index (χ0v) is 9.41. The Labute approximate surface area is 85.5 Å². The second kappa shape index (κ2) is 4.11. The first-order valence-corrected chi connectivity index (χ1v) is 5.26. The van der Waals surface area contributed by atoms with Gasteiger partial charge < -0.3 is 4.90 Å². The first-order chi connectivity index (χ1) is 6.45.